The lowest BCUT2D eigenvalue weighted by molar-refractivity contribution is -0.146. The summed E-state index contributed by atoms with van der Waals surface area (Å²) in [6.07, 6.45) is 4.54. The number of urea groups is 1. The van der Waals surface area contributed by atoms with Crippen LogP contribution >= 0.6 is 11.3 Å². The van der Waals surface area contributed by atoms with E-state index in [2.05, 4.69) is 15.6 Å². The number of nitrogens with zero attached hydrogens (tertiary/aromatic N) is 1. The van der Waals surface area contributed by atoms with E-state index in [0.29, 0.717) is 25.3 Å². The smallest absolute Gasteiger partial charge is 0.329 e. The van der Waals surface area contributed by atoms with E-state index < -0.39 is 17.5 Å². The first-order valence-corrected chi connectivity index (χ1v) is 7.94. The molecule has 0 radical (unpaired) electrons. The van der Waals surface area contributed by atoms with Crippen LogP contribution in [-0.2, 0) is 11.3 Å². The van der Waals surface area contributed by atoms with E-state index >= 15 is 0 Å². The molecule has 2 rings (SSSR count). The Kier molecular flexibility index (Phi) is 4.82. The maximum atomic E-state index is 12.0. The van der Waals surface area contributed by atoms with Crippen LogP contribution in [0.1, 0.15) is 42.5 Å². The molecule has 0 saturated heterocycles. The molecule has 1 fully saturated rings. The Hall–Kier alpha value is -1.63. The zero-order valence-electron chi connectivity index (χ0n) is 12.3. The van der Waals surface area contributed by atoms with Crippen molar-refractivity contribution in [3.8, 4) is 0 Å². The molecule has 1 aliphatic carbocycles. The fourth-order valence-electron chi connectivity index (χ4n) is 2.81. The lowest BCUT2D eigenvalue weighted by atomic mass is 9.76. The second-order valence-corrected chi connectivity index (χ2v) is 7.08. The third kappa shape index (κ3) is 3.93. The average Bonchev–Trinajstić information content (AvgIpc) is 2.82. The van der Waals surface area contributed by atoms with Crippen LogP contribution in [0.3, 0.4) is 0 Å². The summed E-state index contributed by atoms with van der Waals surface area (Å²) in [5.74, 6) is -0.647. The van der Waals surface area contributed by atoms with Gasteiger partial charge in [-0.1, -0.05) is 19.8 Å². The summed E-state index contributed by atoms with van der Waals surface area (Å²) in [7, 11) is 0. The molecule has 0 aromatic carbocycles. The highest BCUT2D eigenvalue weighted by atomic mass is 32.1. The highest BCUT2D eigenvalue weighted by Gasteiger charge is 2.43. The van der Waals surface area contributed by atoms with E-state index in [4.69, 9.17) is 0 Å². The van der Waals surface area contributed by atoms with Gasteiger partial charge < -0.3 is 15.7 Å². The number of amides is 2. The predicted octanol–water partition coefficient (Wildman–Crippen LogP) is 2.28. The van der Waals surface area contributed by atoms with Crippen molar-refractivity contribution in [3.63, 3.8) is 0 Å². The molecule has 1 heterocycles. The molecule has 1 saturated carbocycles. The minimum atomic E-state index is -1.14. The van der Waals surface area contributed by atoms with Crippen LogP contribution in [0, 0.1) is 12.8 Å². The van der Waals surface area contributed by atoms with Gasteiger partial charge in [-0.2, -0.15) is 0 Å². The quantitative estimate of drug-likeness (QED) is 0.795. The molecule has 116 valence electrons. The molecule has 2 unspecified atom stereocenters. The molecule has 0 bridgehead atoms. The lowest BCUT2D eigenvalue weighted by Gasteiger charge is -2.36. The predicted molar refractivity (Wildman–Crippen MR) is 80.2 cm³/mol. The van der Waals surface area contributed by atoms with Gasteiger partial charge in [-0.3, -0.25) is 0 Å². The van der Waals surface area contributed by atoms with Gasteiger partial charge in [-0.05, 0) is 25.7 Å². The SMILES string of the molecule is Cc1cnc(CNC(=O)NC2(C(=O)O)CCCC(C)C2)s1. The molecular weight excluding hydrogens is 290 g/mol. The van der Waals surface area contributed by atoms with Crippen LogP contribution in [0.2, 0.25) is 0 Å². The highest BCUT2D eigenvalue weighted by molar-refractivity contribution is 7.11. The normalized spacial score (nSPS) is 25.3. The van der Waals surface area contributed by atoms with Gasteiger partial charge in [-0.25, -0.2) is 14.6 Å². The molecular formula is C14H21N3O3S. The first kappa shape index (κ1) is 15.8. The Morgan fingerprint density at radius 3 is 2.90 bits per heavy atom. The van der Waals surface area contributed by atoms with Crippen LogP contribution in [0.4, 0.5) is 4.79 Å². The summed E-state index contributed by atoms with van der Waals surface area (Å²) in [4.78, 5) is 28.8. The van der Waals surface area contributed by atoms with Crippen LogP contribution < -0.4 is 10.6 Å². The summed E-state index contributed by atoms with van der Waals surface area (Å²) in [5.41, 5.74) is -1.14. The van der Waals surface area contributed by atoms with Crippen LogP contribution in [0.25, 0.3) is 0 Å². The molecule has 6 nitrogen and oxygen atoms in total. The molecule has 3 N–H and O–H groups in total. The van der Waals surface area contributed by atoms with E-state index in [9.17, 15) is 14.7 Å². The lowest BCUT2D eigenvalue weighted by Crippen LogP contribution is -2.59. The minimum absolute atomic E-state index is 0.303. The van der Waals surface area contributed by atoms with Crippen molar-refractivity contribution in [1.29, 1.82) is 0 Å². The molecule has 7 heteroatoms. The molecule has 21 heavy (non-hydrogen) atoms. The fraction of sp³-hybridized carbons (Fsp3) is 0.643. The zero-order chi connectivity index (χ0) is 15.5. The standard InChI is InChI=1S/C14H21N3O3S/c1-9-4-3-5-14(6-9,12(18)19)17-13(20)16-8-11-15-7-10(2)21-11/h7,9H,3-6,8H2,1-2H3,(H,18,19)(H2,16,17,20). The Bertz CT molecular complexity index is 531. The summed E-state index contributed by atoms with van der Waals surface area (Å²) < 4.78 is 0. The first-order chi connectivity index (χ1) is 9.91. The number of aromatic nitrogens is 1. The number of carbonyl (C=O) groups excluding carboxylic acids is 1. The van der Waals surface area contributed by atoms with E-state index in [0.717, 1.165) is 22.7 Å². The van der Waals surface area contributed by atoms with Crippen molar-refractivity contribution in [3.05, 3.63) is 16.1 Å². The van der Waals surface area contributed by atoms with Crippen LogP contribution in [0.5, 0.6) is 0 Å². The van der Waals surface area contributed by atoms with Gasteiger partial charge in [0, 0.05) is 11.1 Å². The van der Waals surface area contributed by atoms with Gasteiger partial charge in [0.25, 0.3) is 0 Å². The van der Waals surface area contributed by atoms with E-state index in [-0.39, 0.29) is 0 Å². The topological polar surface area (TPSA) is 91.3 Å². The number of hydrogen-bond donors (Lipinski definition) is 3. The number of nitrogens with one attached hydrogen (secondary N) is 2. The van der Waals surface area contributed by atoms with Gasteiger partial charge in [-0.15, -0.1) is 11.3 Å². The highest BCUT2D eigenvalue weighted by Crippen LogP contribution is 2.32. The summed E-state index contributed by atoms with van der Waals surface area (Å²) in [6, 6.07) is -0.445. The fourth-order valence-corrected chi connectivity index (χ4v) is 3.54. The van der Waals surface area contributed by atoms with Gasteiger partial charge in [0.2, 0.25) is 0 Å². The van der Waals surface area contributed by atoms with Crippen molar-refractivity contribution in [2.24, 2.45) is 5.92 Å². The Morgan fingerprint density at radius 2 is 2.33 bits per heavy atom. The number of thiazole rings is 1. The first-order valence-electron chi connectivity index (χ1n) is 7.12. The van der Waals surface area contributed by atoms with E-state index in [1.807, 2.05) is 13.8 Å². The maximum Gasteiger partial charge on any atom is 0.329 e. The largest absolute Gasteiger partial charge is 0.480 e. The van der Waals surface area contributed by atoms with Gasteiger partial charge in [0.05, 0.1) is 6.54 Å². The number of carbonyl (C=O) groups is 2. The Labute approximate surface area is 128 Å². The van der Waals surface area contributed by atoms with Crippen molar-refractivity contribution < 1.29 is 14.7 Å². The average molecular weight is 311 g/mol. The Balaban J connectivity index is 1.94. The number of carboxylic acids is 1. The van der Waals surface area contributed by atoms with Crippen molar-refractivity contribution >= 4 is 23.3 Å². The second-order valence-electron chi connectivity index (χ2n) is 5.76. The number of aliphatic carboxylic acids is 1. The molecule has 2 atom stereocenters. The number of hydrogen-bond acceptors (Lipinski definition) is 4. The summed E-state index contributed by atoms with van der Waals surface area (Å²) >= 11 is 1.51. The third-order valence-electron chi connectivity index (χ3n) is 3.83. The molecule has 2 amide bonds. The monoisotopic (exact) mass is 311 g/mol. The van der Waals surface area contributed by atoms with Crippen LogP contribution in [0.15, 0.2) is 6.20 Å². The summed E-state index contributed by atoms with van der Waals surface area (Å²) in [5, 5.41) is 15.7. The van der Waals surface area contributed by atoms with E-state index in [1.165, 1.54) is 11.3 Å². The van der Waals surface area contributed by atoms with Crippen molar-refractivity contribution in [1.82, 2.24) is 15.6 Å². The van der Waals surface area contributed by atoms with Crippen LogP contribution in [-0.4, -0.2) is 27.6 Å². The zero-order valence-corrected chi connectivity index (χ0v) is 13.1. The summed E-state index contributed by atoms with van der Waals surface area (Å²) in [6.45, 7) is 4.29. The Morgan fingerprint density at radius 1 is 1.57 bits per heavy atom. The molecule has 0 aliphatic heterocycles. The third-order valence-corrected chi connectivity index (χ3v) is 4.74. The van der Waals surface area contributed by atoms with Gasteiger partial charge in [0.15, 0.2) is 0 Å². The number of carboxylic acid groups (broad SMARTS) is 1. The number of aryl methyl sites for hydroxylation is 1. The second kappa shape index (κ2) is 6.43. The minimum Gasteiger partial charge on any atom is -0.480 e. The molecule has 1 aromatic rings. The van der Waals surface area contributed by atoms with Crippen molar-refractivity contribution in [2.75, 3.05) is 0 Å². The van der Waals surface area contributed by atoms with Gasteiger partial charge in [0.1, 0.15) is 10.5 Å². The maximum absolute atomic E-state index is 12.0. The van der Waals surface area contributed by atoms with Gasteiger partial charge >= 0.3 is 12.0 Å². The molecule has 1 aliphatic rings. The molecule has 0 spiro atoms. The molecule has 1 aromatic heterocycles. The van der Waals surface area contributed by atoms with E-state index in [1.54, 1.807) is 6.20 Å². The van der Waals surface area contributed by atoms with Crippen molar-refractivity contribution in [2.45, 2.75) is 51.6 Å². The number of rotatable bonds is 4.